The minimum atomic E-state index is -0.499. The van der Waals surface area contributed by atoms with E-state index in [-0.39, 0.29) is 19.2 Å². The van der Waals surface area contributed by atoms with Crippen LogP contribution < -0.4 is 0 Å². The molecule has 0 bridgehead atoms. The number of rotatable bonds is 6. The smallest absolute Gasteiger partial charge is 0.417 e. The second kappa shape index (κ2) is 11.9. The van der Waals surface area contributed by atoms with Gasteiger partial charge in [0, 0.05) is 0 Å². The summed E-state index contributed by atoms with van der Waals surface area (Å²) in [6, 6.07) is 21.3. The Hall–Kier alpha value is -0.861. The molecule has 0 heterocycles. The van der Waals surface area contributed by atoms with Crippen molar-refractivity contribution in [3.63, 3.8) is 0 Å². The number of benzene rings is 2. The minimum absolute atomic E-state index is 0.0833. The van der Waals surface area contributed by atoms with Crippen molar-refractivity contribution >= 4 is 32.2 Å². The SMILES string of the molecule is C1=CC[C]([Ti][C]2=CC=CC2)=C1.[AlH2][O][AlH][CH](c1ccccc1)c1ccccc1. The Kier molecular flexibility index (Phi) is 9.17. The van der Waals surface area contributed by atoms with Crippen molar-refractivity contribution in [1.82, 2.24) is 0 Å². The Morgan fingerprint density at radius 1 is 0.778 bits per heavy atom. The van der Waals surface area contributed by atoms with Crippen molar-refractivity contribution in [3.05, 3.63) is 116 Å². The molecule has 0 aliphatic heterocycles. The third-order valence-corrected chi connectivity index (χ3v) is 9.37. The summed E-state index contributed by atoms with van der Waals surface area (Å²) in [6.07, 6.45) is 15.9. The van der Waals surface area contributed by atoms with Crippen molar-refractivity contribution < 1.29 is 22.0 Å². The monoisotopic (exact) mass is 418 g/mol. The molecule has 0 aromatic heterocycles. The molecule has 0 atom stereocenters. The van der Waals surface area contributed by atoms with Gasteiger partial charge in [-0.2, -0.15) is 0 Å². The van der Waals surface area contributed by atoms with E-state index in [1.807, 2.05) is 0 Å². The van der Waals surface area contributed by atoms with E-state index in [1.165, 1.54) is 24.0 Å². The summed E-state index contributed by atoms with van der Waals surface area (Å²) in [5.41, 5.74) is 2.77. The first-order valence-electron chi connectivity index (χ1n) is 9.44. The standard InChI is InChI=1S/C13H11.2C5H5.2Al.O.Ti.3H/c1-3-7-12(8-4-1)11-13-9-5-2-6-10-13;2*1-2-4-5-3-1;;;;;;;/h1-11H;2*1-3H,4H2;;;;;;;. The fourth-order valence-electron chi connectivity index (χ4n) is 3.21. The van der Waals surface area contributed by atoms with Gasteiger partial charge in [-0.1, -0.05) is 71.8 Å². The van der Waals surface area contributed by atoms with Crippen LogP contribution in [-0.4, -0.2) is 32.2 Å². The summed E-state index contributed by atoms with van der Waals surface area (Å²) in [4.78, 5) is 0. The van der Waals surface area contributed by atoms with Crippen molar-refractivity contribution in [3.8, 4) is 0 Å². The predicted molar refractivity (Wildman–Crippen MR) is 115 cm³/mol. The van der Waals surface area contributed by atoms with E-state index < -0.39 is 15.6 Å². The summed E-state index contributed by atoms with van der Waals surface area (Å²) in [6.45, 7) is 0. The van der Waals surface area contributed by atoms with E-state index in [1.54, 1.807) is 7.76 Å². The second-order valence-corrected chi connectivity index (χ2v) is 12.5. The van der Waals surface area contributed by atoms with Gasteiger partial charge in [-0.05, 0) is 4.78 Å². The number of hydrogen-bond acceptors (Lipinski definition) is 1. The molecule has 2 aromatic rings. The first-order valence-corrected chi connectivity index (χ1v) is 13.2. The molecule has 27 heavy (non-hydrogen) atoms. The van der Waals surface area contributed by atoms with Gasteiger partial charge in [0.25, 0.3) is 0 Å². The van der Waals surface area contributed by atoms with Gasteiger partial charge in [0.15, 0.2) is 0 Å². The second-order valence-electron chi connectivity index (χ2n) is 6.60. The molecule has 0 unspecified atom stereocenters. The van der Waals surface area contributed by atoms with Crippen LogP contribution in [0.25, 0.3) is 0 Å². The molecule has 0 spiro atoms. The molecule has 2 aliphatic rings. The van der Waals surface area contributed by atoms with Gasteiger partial charge in [0.05, 0.1) is 0 Å². The van der Waals surface area contributed by atoms with Gasteiger partial charge in [0.1, 0.15) is 0 Å². The first-order chi connectivity index (χ1) is 13.4. The molecule has 0 fully saturated rings. The van der Waals surface area contributed by atoms with Crippen LogP contribution in [0.15, 0.2) is 105 Å². The molecule has 2 aliphatic carbocycles. The van der Waals surface area contributed by atoms with E-state index >= 15 is 0 Å². The molecule has 132 valence electrons. The molecule has 1 nitrogen and oxygen atoms in total. The molecule has 2 aromatic carbocycles. The van der Waals surface area contributed by atoms with Crippen LogP contribution in [0.5, 0.6) is 0 Å². The summed E-state index contributed by atoms with van der Waals surface area (Å²) < 4.78 is 9.45. The third-order valence-electron chi connectivity index (χ3n) is 4.60. The zero-order valence-corrected chi connectivity index (χ0v) is 20.8. The molecule has 0 amide bonds. The maximum atomic E-state index is 5.59. The van der Waals surface area contributed by atoms with Gasteiger partial charge < -0.3 is 2.84 Å². The van der Waals surface area contributed by atoms with Crippen molar-refractivity contribution in [2.45, 2.75) is 17.6 Å². The van der Waals surface area contributed by atoms with E-state index in [4.69, 9.17) is 2.84 Å². The third kappa shape index (κ3) is 6.91. The van der Waals surface area contributed by atoms with Crippen molar-refractivity contribution in [2.75, 3.05) is 0 Å². The molecular formula is C23H24Al2OTi. The van der Waals surface area contributed by atoms with Crippen LogP contribution in [-0.2, 0) is 22.0 Å². The zero-order valence-electron chi connectivity index (χ0n) is 15.8. The molecule has 0 N–H and O–H groups in total. The van der Waals surface area contributed by atoms with Gasteiger partial charge >= 0.3 is 108 Å². The fraction of sp³-hybridized carbons (Fsp3) is 0.130. The molecule has 0 radical (unpaired) electrons. The molecule has 4 rings (SSSR count). The Morgan fingerprint density at radius 2 is 1.26 bits per heavy atom. The van der Waals surface area contributed by atoms with Gasteiger partial charge in [-0.15, -0.1) is 0 Å². The van der Waals surface area contributed by atoms with E-state index in [0.29, 0.717) is 4.78 Å². The summed E-state index contributed by atoms with van der Waals surface area (Å²) in [5, 5.41) is 0. The van der Waals surface area contributed by atoms with Crippen LogP contribution in [0.3, 0.4) is 0 Å². The van der Waals surface area contributed by atoms with Crippen LogP contribution >= 0.6 is 0 Å². The predicted octanol–water partition coefficient (Wildman–Crippen LogP) is 4.45. The Balaban J connectivity index is 0.000000166. The summed E-state index contributed by atoms with van der Waals surface area (Å²) in [7, 11) is 0. The van der Waals surface area contributed by atoms with Crippen LogP contribution in [0.4, 0.5) is 0 Å². The topological polar surface area (TPSA) is 9.23 Å². The fourth-order valence-corrected chi connectivity index (χ4v) is 7.36. The Labute approximate surface area is 186 Å². The van der Waals surface area contributed by atoms with E-state index in [9.17, 15) is 0 Å². The average Bonchev–Trinajstić information content (AvgIpc) is 3.43. The first kappa shape index (κ1) is 20.9. The zero-order chi connectivity index (χ0) is 18.7. The van der Waals surface area contributed by atoms with Crippen LogP contribution in [0.1, 0.15) is 28.7 Å². The number of allylic oxidation sites excluding steroid dienone is 8. The molecule has 0 saturated heterocycles. The van der Waals surface area contributed by atoms with E-state index in [0.717, 1.165) is 16.6 Å². The Bertz CT molecular complexity index is 758. The normalized spacial score (nSPS) is 14.4. The minimum Gasteiger partial charge on any atom is -0.644 e. The van der Waals surface area contributed by atoms with E-state index in [2.05, 4.69) is 97.1 Å². The molecule has 0 saturated carbocycles. The van der Waals surface area contributed by atoms with Crippen LogP contribution in [0.2, 0.25) is 0 Å². The van der Waals surface area contributed by atoms with Gasteiger partial charge in [-0.3, -0.25) is 0 Å². The largest absolute Gasteiger partial charge is 0.644 e. The van der Waals surface area contributed by atoms with Crippen molar-refractivity contribution in [2.24, 2.45) is 0 Å². The van der Waals surface area contributed by atoms with Crippen LogP contribution in [0, 0.1) is 0 Å². The quantitative estimate of drug-likeness (QED) is 0.630. The molecular weight excluding hydrogens is 394 g/mol. The maximum absolute atomic E-state index is 5.59. The van der Waals surface area contributed by atoms with Crippen molar-refractivity contribution in [1.29, 1.82) is 0 Å². The molecule has 4 heteroatoms. The number of hydrogen-bond donors (Lipinski definition) is 0. The Morgan fingerprint density at radius 3 is 1.63 bits per heavy atom. The summed E-state index contributed by atoms with van der Waals surface area (Å²) >= 11 is 0.435. The van der Waals surface area contributed by atoms with Gasteiger partial charge in [-0.25, -0.2) is 0 Å². The summed E-state index contributed by atoms with van der Waals surface area (Å²) in [5.74, 6) is 0. The average molecular weight is 418 g/mol. The van der Waals surface area contributed by atoms with Gasteiger partial charge in [0.2, 0.25) is 0 Å². The maximum Gasteiger partial charge on any atom is 0.417 e.